The van der Waals surface area contributed by atoms with Crippen LogP contribution in [-0.2, 0) is 0 Å². The molecule has 0 unspecified atom stereocenters. The molecule has 4 heteroatoms. The summed E-state index contributed by atoms with van der Waals surface area (Å²) in [4.78, 5) is 0. The van der Waals surface area contributed by atoms with Crippen molar-refractivity contribution in [2.75, 3.05) is 0 Å². The Labute approximate surface area is 112 Å². The summed E-state index contributed by atoms with van der Waals surface area (Å²) in [5.41, 5.74) is 2.31. The van der Waals surface area contributed by atoms with Crippen LogP contribution in [0.2, 0.25) is 0 Å². The lowest BCUT2D eigenvalue weighted by Crippen LogP contribution is -1.94. The van der Waals surface area contributed by atoms with Crippen LogP contribution in [0.1, 0.15) is 5.56 Å². The van der Waals surface area contributed by atoms with Crippen molar-refractivity contribution in [3.8, 4) is 11.1 Å². The predicted octanol–water partition coefficient (Wildman–Crippen LogP) is 4.49. The molecule has 1 nitrogen and oxygen atoms in total. The standard InChI is InChI=1S/C13H8BrFOS/c14-11-7-9(4-5-12(11)15)8-2-1-3-10(6-8)13(16)17/h1-7H,(H,16,17). The average molecular weight is 311 g/mol. The van der Waals surface area contributed by atoms with Crippen LogP contribution in [0.25, 0.3) is 11.1 Å². The van der Waals surface area contributed by atoms with Crippen molar-refractivity contribution in [1.82, 2.24) is 0 Å². The van der Waals surface area contributed by atoms with Crippen LogP contribution in [0, 0.1) is 5.82 Å². The number of benzene rings is 2. The van der Waals surface area contributed by atoms with E-state index < -0.39 is 0 Å². The zero-order chi connectivity index (χ0) is 12.4. The van der Waals surface area contributed by atoms with E-state index >= 15 is 0 Å². The fourth-order valence-corrected chi connectivity index (χ4v) is 2.01. The third-order valence-electron chi connectivity index (χ3n) is 2.36. The molecule has 0 radical (unpaired) electrons. The molecule has 0 atom stereocenters. The highest BCUT2D eigenvalue weighted by Gasteiger charge is 2.05. The summed E-state index contributed by atoms with van der Waals surface area (Å²) >= 11 is 7.85. The van der Waals surface area contributed by atoms with Gasteiger partial charge in [0, 0.05) is 5.56 Å². The lowest BCUT2D eigenvalue weighted by atomic mass is 10.0. The first-order valence-corrected chi connectivity index (χ1v) is 6.07. The number of rotatable bonds is 2. The van der Waals surface area contributed by atoms with Gasteiger partial charge in [0.2, 0.25) is 0 Å². The first kappa shape index (κ1) is 12.2. The molecule has 0 bridgehead atoms. The molecule has 0 saturated carbocycles. The molecule has 2 aromatic rings. The Morgan fingerprint density at radius 2 is 1.82 bits per heavy atom. The van der Waals surface area contributed by atoms with Crippen molar-refractivity contribution in [2.45, 2.75) is 0 Å². The fourth-order valence-electron chi connectivity index (χ4n) is 1.51. The Morgan fingerprint density at radius 1 is 1.12 bits per heavy atom. The Kier molecular flexibility index (Phi) is 3.54. The molecule has 0 heterocycles. The predicted molar refractivity (Wildman–Crippen MR) is 73.9 cm³/mol. The zero-order valence-corrected chi connectivity index (χ0v) is 11.1. The minimum atomic E-state index is -0.303. The summed E-state index contributed by atoms with van der Waals surface area (Å²) < 4.78 is 13.5. The monoisotopic (exact) mass is 310 g/mol. The van der Waals surface area contributed by atoms with Crippen LogP contribution >= 0.6 is 28.1 Å². The van der Waals surface area contributed by atoms with E-state index in [0.29, 0.717) is 10.0 Å². The highest BCUT2D eigenvalue weighted by Crippen LogP contribution is 2.25. The van der Waals surface area contributed by atoms with Gasteiger partial charge >= 0.3 is 0 Å². The van der Waals surface area contributed by atoms with E-state index in [4.69, 9.17) is 12.2 Å². The molecule has 0 aliphatic heterocycles. The molecule has 1 N–H and O–H groups in total. The van der Waals surface area contributed by atoms with E-state index in [1.54, 1.807) is 30.3 Å². The van der Waals surface area contributed by atoms with Crippen molar-refractivity contribution < 1.29 is 9.50 Å². The van der Waals surface area contributed by atoms with Crippen LogP contribution in [0.4, 0.5) is 4.39 Å². The van der Waals surface area contributed by atoms with E-state index in [-0.39, 0.29) is 10.9 Å². The zero-order valence-electron chi connectivity index (χ0n) is 8.65. The summed E-state index contributed by atoms with van der Waals surface area (Å²) in [5.74, 6) is -0.303. The summed E-state index contributed by atoms with van der Waals surface area (Å²) in [6.07, 6.45) is 0. The Bertz CT molecular complexity index is 583. The molecule has 17 heavy (non-hydrogen) atoms. The van der Waals surface area contributed by atoms with Gasteiger partial charge in [-0.2, -0.15) is 0 Å². The Balaban J connectivity index is 2.49. The molecule has 0 aromatic heterocycles. The second-order valence-corrected chi connectivity index (χ2v) is 4.76. The SMILES string of the molecule is OC(=S)c1cccc(-c2ccc(F)c(Br)c2)c1. The minimum absolute atomic E-state index is 0.145. The third kappa shape index (κ3) is 2.70. The van der Waals surface area contributed by atoms with Gasteiger partial charge in [0.05, 0.1) is 4.47 Å². The smallest absolute Gasteiger partial charge is 0.188 e. The van der Waals surface area contributed by atoms with E-state index in [2.05, 4.69) is 15.9 Å². The van der Waals surface area contributed by atoms with E-state index in [1.807, 2.05) is 6.07 Å². The van der Waals surface area contributed by atoms with Gasteiger partial charge in [-0.15, -0.1) is 0 Å². The minimum Gasteiger partial charge on any atom is -0.499 e. The summed E-state index contributed by atoms with van der Waals surface area (Å²) in [7, 11) is 0. The molecule has 0 fully saturated rings. The van der Waals surface area contributed by atoms with Crippen molar-refractivity contribution in [3.05, 3.63) is 58.3 Å². The highest BCUT2D eigenvalue weighted by atomic mass is 79.9. The molecule has 0 amide bonds. The number of hydrogen-bond donors (Lipinski definition) is 1. The highest BCUT2D eigenvalue weighted by molar-refractivity contribution is 9.10. The van der Waals surface area contributed by atoms with Gasteiger partial charge in [0.1, 0.15) is 5.82 Å². The maximum absolute atomic E-state index is 13.1. The topological polar surface area (TPSA) is 20.2 Å². The van der Waals surface area contributed by atoms with Gasteiger partial charge in [-0.25, -0.2) is 4.39 Å². The van der Waals surface area contributed by atoms with Gasteiger partial charge in [-0.1, -0.05) is 24.3 Å². The quantitative estimate of drug-likeness (QED) is 0.825. The van der Waals surface area contributed by atoms with Gasteiger partial charge in [0.25, 0.3) is 0 Å². The van der Waals surface area contributed by atoms with Crippen molar-refractivity contribution in [1.29, 1.82) is 0 Å². The first-order valence-electron chi connectivity index (χ1n) is 4.87. The molecule has 0 aliphatic rings. The number of halogens is 2. The first-order chi connectivity index (χ1) is 8.08. The average Bonchev–Trinajstić information content (AvgIpc) is 2.33. The molecular weight excluding hydrogens is 303 g/mol. The maximum atomic E-state index is 13.1. The number of aliphatic hydroxyl groups is 1. The Morgan fingerprint density at radius 3 is 2.47 bits per heavy atom. The van der Waals surface area contributed by atoms with Crippen LogP contribution in [0.5, 0.6) is 0 Å². The van der Waals surface area contributed by atoms with Crippen molar-refractivity contribution in [2.24, 2.45) is 0 Å². The summed E-state index contributed by atoms with van der Waals surface area (Å²) in [5, 5.41) is 9.11. The van der Waals surface area contributed by atoms with Crippen LogP contribution in [0.3, 0.4) is 0 Å². The van der Waals surface area contributed by atoms with E-state index in [1.165, 1.54) is 6.07 Å². The fraction of sp³-hybridized carbons (Fsp3) is 0. The lowest BCUT2D eigenvalue weighted by molar-refractivity contribution is 0.571. The lowest BCUT2D eigenvalue weighted by Gasteiger charge is -2.05. The van der Waals surface area contributed by atoms with Gasteiger partial charge in [-0.05, 0) is 57.5 Å². The number of thiocarbonyl (C=S) groups is 1. The maximum Gasteiger partial charge on any atom is 0.188 e. The molecule has 0 aliphatic carbocycles. The normalized spacial score (nSPS) is 10.2. The number of hydrogen-bond acceptors (Lipinski definition) is 1. The van der Waals surface area contributed by atoms with Crippen LogP contribution in [0.15, 0.2) is 46.9 Å². The molecule has 0 saturated heterocycles. The summed E-state index contributed by atoms with van der Waals surface area (Å²) in [6.45, 7) is 0. The van der Waals surface area contributed by atoms with Gasteiger partial charge < -0.3 is 5.11 Å². The third-order valence-corrected chi connectivity index (χ3v) is 3.21. The van der Waals surface area contributed by atoms with Crippen LogP contribution < -0.4 is 0 Å². The van der Waals surface area contributed by atoms with Crippen LogP contribution in [-0.4, -0.2) is 10.2 Å². The Hall–Kier alpha value is -1.26. The second kappa shape index (κ2) is 4.94. The number of aliphatic hydroxyl groups excluding tert-OH is 1. The van der Waals surface area contributed by atoms with Gasteiger partial charge in [0.15, 0.2) is 5.05 Å². The van der Waals surface area contributed by atoms with E-state index in [0.717, 1.165) is 11.1 Å². The molecular formula is C13H8BrFOS. The molecule has 86 valence electrons. The molecule has 2 rings (SSSR count). The largest absolute Gasteiger partial charge is 0.499 e. The van der Waals surface area contributed by atoms with Crippen molar-refractivity contribution in [3.63, 3.8) is 0 Å². The van der Waals surface area contributed by atoms with Crippen molar-refractivity contribution >= 4 is 33.2 Å². The van der Waals surface area contributed by atoms with E-state index in [9.17, 15) is 9.50 Å². The second-order valence-electron chi connectivity index (χ2n) is 3.51. The molecule has 2 aromatic carbocycles. The van der Waals surface area contributed by atoms with Gasteiger partial charge in [-0.3, -0.25) is 0 Å². The summed E-state index contributed by atoms with van der Waals surface area (Å²) in [6, 6.07) is 11.9. The molecule has 0 spiro atoms.